The second-order valence-corrected chi connectivity index (χ2v) is 5.58. The molecule has 2 aliphatic rings. The third kappa shape index (κ3) is 2.07. The first-order valence-corrected chi connectivity index (χ1v) is 6.98. The van der Waals surface area contributed by atoms with Gasteiger partial charge in [0.05, 0.1) is 0 Å². The van der Waals surface area contributed by atoms with E-state index >= 15 is 0 Å². The monoisotopic (exact) mass is 247 g/mol. The molecule has 3 nitrogen and oxygen atoms in total. The van der Waals surface area contributed by atoms with Gasteiger partial charge in [0.25, 0.3) is 0 Å². The van der Waals surface area contributed by atoms with Crippen LogP contribution in [0.1, 0.15) is 55.7 Å². The molecule has 0 radical (unpaired) electrons. The predicted molar refractivity (Wildman–Crippen MR) is 69.6 cm³/mol. The second-order valence-electron chi connectivity index (χ2n) is 5.58. The van der Waals surface area contributed by atoms with Gasteiger partial charge in [0, 0.05) is 17.7 Å². The van der Waals surface area contributed by atoms with Gasteiger partial charge in [-0.15, -0.1) is 0 Å². The van der Waals surface area contributed by atoms with Crippen molar-refractivity contribution < 1.29 is 10.2 Å². The van der Waals surface area contributed by atoms with E-state index in [4.69, 9.17) is 0 Å². The van der Waals surface area contributed by atoms with Crippen molar-refractivity contribution >= 4 is 0 Å². The number of aliphatic hydroxyl groups excluding tert-OH is 2. The van der Waals surface area contributed by atoms with Gasteiger partial charge in [-0.25, -0.2) is 4.90 Å². The Kier molecular flexibility index (Phi) is 3.37. The van der Waals surface area contributed by atoms with Crippen LogP contribution in [0.4, 0.5) is 0 Å². The topological polar surface area (TPSA) is 43.7 Å². The Labute approximate surface area is 108 Å². The molecular formula is C15H21NO2. The smallest absolute Gasteiger partial charge is 0.136 e. The first-order valence-electron chi connectivity index (χ1n) is 6.98. The summed E-state index contributed by atoms with van der Waals surface area (Å²) in [5.74, 6) is 0.623. The normalized spacial score (nSPS) is 29.4. The van der Waals surface area contributed by atoms with Crippen molar-refractivity contribution in [2.45, 2.75) is 44.6 Å². The first-order chi connectivity index (χ1) is 8.77. The number of hydrogen-bond donors (Lipinski definition) is 2. The highest BCUT2D eigenvalue weighted by Crippen LogP contribution is 2.40. The van der Waals surface area contributed by atoms with Crippen molar-refractivity contribution in [3.05, 3.63) is 35.4 Å². The summed E-state index contributed by atoms with van der Waals surface area (Å²) in [5, 5.41) is 20.6. The highest BCUT2D eigenvalue weighted by Gasteiger charge is 2.37. The van der Waals surface area contributed by atoms with Crippen LogP contribution < -0.4 is 0 Å². The van der Waals surface area contributed by atoms with Gasteiger partial charge in [0.15, 0.2) is 0 Å². The molecule has 2 unspecified atom stereocenters. The fraction of sp³-hybridized carbons (Fsp3) is 0.600. The van der Waals surface area contributed by atoms with Crippen LogP contribution in [-0.2, 0) is 0 Å². The minimum Gasteiger partial charge on any atom is -0.374 e. The maximum absolute atomic E-state index is 10.3. The second kappa shape index (κ2) is 5.00. The standard InChI is InChI=1S/C15H21NO2/c17-14-12-8-4-5-9-13(12)15(18)16(14)10-11-6-2-1-3-7-11/h4-5,8-9,11,14-15,17-18H,1-3,6-7,10H2. The van der Waals surface area contributed by atoms with Crippen LogP contribution in [0.25, 0.3) is 0 Å². The number of hydrogen-bond acceptors (Lipinski definition) is 3. The molecule has 1 aromatic carbocycles. The predicted octanol–water partition coefficient (Wildman–Crippen LogP) is 2.56. The van der Waals surface area contributed by atoms with E-state index in [1.807, 2.05) is 29.2 Å². The lowest BCUT2D eigenvalue weighted by Crippen LogP contribution is -2.32. The van der Waals surface area contributed by atoms with Crippen molar-refractivity contribution in [3.8, 4) is 0 Å². The van der Waals surface area contributed by atoms with E-state index in [0.717, 1.165) is 17.7 Å². The molecule has 2 N–H and O–H groups in total. The van der Waals surface area contributed by atoms with Crippen molar-refractivity contribution in [1.82, 2.24) is 4.90 Å². The van der Waals surface area contributed by atoms with E-state index in [1.165, 1.54) is 32.1 Å². The van der Waals surface area contributed by atoms with E-state index in [2.05, 4.69) is 0 Å². The Morgan fingerprint density at radius 1 is 0.944 bits per heavy atom. The molecule has 0 aromatic heterocycles. The summed E-state index contributed by atoms with van der Waals surface area (Å²) in [7, 11) is 0. The molecule has 3 heteroatoms. The van der Waals surface area contributed by atoms with Crippen LogP contribution in [0.5, 0.6) is 0 Å². The van der Waals surface area contributed by atoms with E-state index < -0.39 is 12.5 Å². The summed E-state index contributed by atoms with van der Waals surface area (Å²) in [5.41, 5.74) is 1.72. The zero-order valence-corrected chi connectivity index (χ0v) is 10.6. The molecule has 1 aliphatic heterocycles. The summed E-state index contributed by atoms with van der Waals surface area (Å²) in [6.45, 7) is 0.803. The molecule has 0 bridgehead atoms. The number of rotatable bonds is 2. The lowest BCUT2D eigenvalue weighted by molar-refractivity contribution is -0.0937. The lowest BCUT2D eigenvalue weighted by Gasteiger charge is -2.30. The van der Waals surface area contributed by atoms with Crippen LogP contribution in [-0.4, -0.2) is 21.7 Å². The maximum Gasteiger partial charge on any atom is 0.136 e. The van der Waals surface area contributed by atoms with Crippen molar-refractivity contribution in [3.63, 3.8) is 0 Å². The molecule has 2 atom stereocenters. The minimum atomic E-state index is -0.641. The van der Waals surface area contributed by atoms with E-state index in [1.54, 1.807) is 0 Å². The van der Waals surface area contributed by atoms with Gasteiger partial charge >= 0.3 is 0 Å². The Morgan fingerprint density at radius 2 is 1.50 bits per heavy atom. The molecule has 0 amide bonds. The number of benzene rings is 1. The average Bonchev–Trinajstić information content (AvgIpc) is 2.66. The van der Waals surface area contributed by atoms with Gasteiger partial charge in [-0.1, -0.05) is 43.5 Å². The fourth-order valence-corrected chi connectivity index (χ4v) is 3.34. The summed E-state index contributed by atoms with van der Waals surface area (Å²) in [6, 6.07) is 7.64. The van der Waals surface area contributed by atoms with Gasteiger partial charge in [0.1, 0.15) is 12.5 Å². The Hall–Kier alpha value is -0.900. The van der Waals surface area contributed by atoms with Crippen molar-refractivity contribution in [2.75, 3.05) is 6.54 Å². The molecule has 1 aliphatic carbocycles. The number of aliphatic hydroxyl groups is 2. The maximum atomic E-state index is 10.3. The van der Waals surface area contributed by atoms with Gasteiger partial charge in [-0.05, 0) is 18.8 Å². The number of nitrogens with zero attached hydrogens (tertiary/aromatic N) is 1. The van der Waals surface area contributed by atoms with Crippen LogP contribution >= 0.6 is 0 Å². The van der Waals surface area contributed by atoms with Gasteiger partial charge in [-0.2, -0.15) is 0 Å². The van der Waals surface area contributed by atoms with E-state index in [-0.39, 0.29) is 0 Å². The fourth-order valence-electron chi connectivity index (χ4n) is 3.34. The SMILES string of the molecule is OC1c2ccccc2C(O)N1CC1CCCCC1. The van der Waals surface area contributed by atoms with Gasteiger partial charge < -0.3 is 10.2 Å². The van der Waals surface area contributed by atoms with Crippen molar-refractivity contribution in [1.29, 1.82) is 0 Å². The van der Waals surface area contributed by atoms with Crippen LogP contribution in [0, 0.1) is 5.92 Å². The Morgan fingerprint density at radius 3 is 2.06 bits per heavy atom. The molecule has 18 heavy (non-hydrogen) atoms. The average molecular weight is 247 g/mol. The van der Waals surface area contributed by atoms with E-state index in [9.17, 15) is 10.2 Å². The first kappa shape index (κ1) is 12.2. The minimum absolute atomic E-state index is 0.623. The molecule has 3 rings (SSSR count). The molecule has 0 saturated heterocycles. The Balaban J connectivity index is 1.74. The molecular weight excluding hydrogens is 226 g/mol. The summed E-state index contributed by atoms with van der Waals surface area (Å²) < 4.78 is 0. The number of fused-ring (bicyclic) bond motifs is 1. The lowest BCUT2D eigenvalue weighted by atomic mass is 9.89. The zero-order chi connectivity index (χ0) is 12.5. The Bertz CT molecular complexity index is 386. The highest BCUT2D eigenvalue weighted by atomic mass is 16.3. The van der Waals surface area contributed by atoms with Crippen LogP contribution in [0.2, 0.25) is 0 Å². The summed E-state index contributed by atoms with van der Waals surface area (Å²) in [6.07, 6.45) is 5.09. The molecule has 98 valence electrons. The molecule has 1 aromatic rings. The molecule has 0 spiro atoms. The van der Waals surface area contributed by atoms with Gasteiger partial charge in [0.2, 0.25) is 0 Å². The van der Waals surface area contributed by atoms with Crippen molar-refractivity contribution in [2.24, 2.45) is 5.92 Å². The molecule has 1 saturated carbocycles. The summed E-state index contributed by atoms with van der Waals surface area (Å²) >= 11 is 0. The van der Waals surface area contributed by atoms with E-state index in [0.29, 0.717) is 5.92 Å². The molecule has 1 fully saturated rings. The van der Waals surface area contributed by atoms with Gasteiger partial charge in [-0.3, -0.25) is 0 Å². The van der Waals surface area contributed by atoms with Crippen LogP contribution in [0.3, 0.4) is 0 Å². The zero-order valence-electron chi connectivity index (χ0n) is 10.6. The quantitative estimate of drug-likeness (QED) is 0.844. The summed E-state index contributed by atoms with van der Waals surface area (Å²) in [4.78, 5) is 1.83. The van der Waals surface area contributed by atoms with Crippen LogP contribution in [0.15, 0.2) is 24.3 Å². The highest BCUT2D eigenvalue weighted by molar-refractivity contribution is 5.34. The third-order valence-electron chi connectivity index (χ3n) is 4.37. The largest absolute Gasteiger partial charge is 0.374 e. The third-order valence-corrected chi connectivity index (χ3v) is 4.37. The molecule has 1 heterocycles.